The molecule has 2 rings (SSSR count). The number of ether oxygens (including phenoxy) is 2. The second-order valence-electron chi connectivity index (χ2n) is 4.63. The molecule has 0 aliphatic carbocycles. The third-order valence-electron chi connectivity index (χ3n) is 3.00. The number of nitrogens with zero attached hydrogens (tertiary/aromatic N) is 1. The summed E-state index contributed by atoms with van der Waals surface area (Å²) >= 11 is 12.4. The lowest BCUT2D eigenvalue weighted by molar-refractivity contribution is -0.143. The van der Waals surface area contributed by atoms with Crippen molar-refractivity contribution in [3.63, 3.8) is 0 Å². The molecule has 8 heteroatoms. The van der Waals surface area contributed by atoms with E-state index in [-0.39, 0.29) is 12.5 Å². The van der Waals surface area contributed by atoms with E-state index in [1.54, 1.807) is 30.4 Å². The third-order valence-corrected chi connectivity index (χ3v) is 4.67. The van der Waals surface area contributed by atoms with Crippen LogP contribution in [0.15, 0.2) is 35.8 Å². The lowest BCUT2D eigenvalue weighted by Crippen LogP contribution is -2.33. The number of halogens is 1. The summed E-state index contributed by atoms with van der Waals surface area (Å²) in [6.45, 7) is 3.72. The number of hydrogen-bond acceptors (Lipinski definition) is 6. The first-order valence-corrected chi connectivity index (χ1v) is 8.42. The first kappa shape index (κ1) is 18.5. The molecule has 126 valence electrons. The molecule has 0 N–H and O–H groups in total. The van der Waals surface area contributed by atoms with Crippen LogP contribution >= 0.6 is 35.6 Å². The highest BCUT2D eigenvalue weighted by Gasteiger charge is 2.33. The number of methoxy groups -OCH3 is 1. The Kier molecular flexibility index (Phi) is 6.42. The highest BCUT2D eigenvalue weighted by atomic mass is 35.5. The lowest BCUT2D eigenvalue weighted by atomic mass is 10.2. The summed E-state index contributed by atoms with van der Waals surface area (Å²) in [5.41, 5.74) is 0.726. The number of benzene rings is 1. The van der Waals surface area contributed by atoms with Gasteiger partial charge in [0.2, 0.25) is 0 Å². The van der Waals surface area contributed by atoms with Crippen molar-refractivity contribution in [2.75, 3.05) is 20.3 Å². The number of thioether (sulfide) groups is 1. The smallest absolute Gasteiger partial charge is 0.325 e. The molecule has 1 aliphatic rings. The van der Waals surface area contributed by atoms with Crippen LogP contribution in [0.5, 0.6) is 5.75 Å². The highest BCUT2D eigenvalue weighted by molar-refractivity contribution is 8.26. The van der Waals surface area contributed by atoms with Gasteiger partial charge in [0.25, 0.3) is 5.91 Å². The van der Waals surface area contributed by atoms with E-state index in [4.69, 9.17) is 28.6 Å². The Morgan fingerprint density at radius 2 is 2.25 bits per heavy atom. The van der Waals surface area contributed by atoms with Gasteiger partial charge >= 0.3 is 5.97 Å². The molecule has 1 fully saturated rings. The van der Waals surface area contributed by atoms with Crippen molar-refractivity contribution in [3.05, 3.63) is 46.3 Å². The Balaban J connectivity index is 2.18. The summed E-state index contributed by atoms with van der Waals surface area (Å²) < 4.78 is 10.3. The Morgan fingerprint density at radius 1 is 1.50 bits per heavy atom. The normalized spacial score (nSPS) is 15.8. The van der Waals surface area contributed by atoms with Gasteiger partial charge in [0, 0.05) is 0 Å². The summed E-state index contributed by atoms with van der Waals surface area (Å²) in [6, 6.07) is 5.18. The van der Waals surface area contributed by atoms with E-state index < -0.39 is 5.97 Å². The predicted octanol–water partition coefficient (Wildman–Crippen LogP) is 3.28. The van der Waals surface area contributed by atoms with Crippen LogP contribution in [-0.2, 0) is 14.3 Å². The number of thiocarbonyl (C=S) groups is 1. The maximum atomic E-state index is 12.3. The first-order valence-electron chi connectivity index (χ1n) is 6.81. The van der Waals surface area contributed by atoms with Crippen LogP contribution in [0.1, 0.15) is 5.56 Å². The molecular weight excluding hydrogens is 370 g/mol. The number of carbonyl (C=O) groups is 2. The fourth-order valence-corrected chi connectivity index (χ4v) is 3.35. The van der Waals surface area contributed by atoms with Crippen LogP contribution in [0.4, 0.5) is 0 Å². The molecule has 1 aliphatic heterocycles. The molecule has 0 unspecified atom stereocenters. The average Bonchev–Trinajstić information content (AvgIpc) is 2.81. The monoisotopic (exact) mass is 383 g/mol. The Morgan fingerprint density at radius 3 is 2.88 bits per heavy atom. The Hall–Kier alpha value is -1.83. The molecule has 1 amide bonds. The van der Waals surface area contributed by atoms with Crippen LogP contribution < -0.4 is 4.74 Å². The van der Waals surface area contributed by atoms with E-state index in [0.29, 0.717) is 26.6 Å². The van der Waals surface area contributed by atoms with Crippen LogP contribution in [0, 0.1) is 0 Å². The lowest BCUT2D eigenvalue weighted by Gasteiger charge is -2.11. The molecule has 1 heterocycles. The SMILES string of the molecule is C=CCOc1ccc(/C=C2\SC(=S)N(CC(=O)OC)C2=O)cc1Cl. The van der Waals surface area contributed by atoms with Gasteiger partial charge in [-0.3, -0.25) is 14.5 Å². The highest BCUT2D eigenvalue weighted by Crippen LogP contribution is 2.33. The molecule has 0 radical (unpaired) electrons. The molecule has 24 heavy (non-hydrogen) atoms. The van der Waals surface area contributed by atoms with Gasteiger partial charge in [0.1, 0.15) is 23.2 Å². The summed E-state index contributed by atoms with van der Waals surface area (Å²) in [7, 11) is 1.26. The third kappa shape index (κ3) is 4.37. The largest absolute Gasteiger partial charge is 0.488 e. The van der Waals surface area contributed by atoms with Gasteiger partial charge in [0.15, 0.2) is 0 Å². The van der Waals surface area contributed by atoms with Gasteiger partial charge in [-0.2, -0.15) is 0 Å². The molecule has 0 saturated carbocycles. The minimum Gasteiger partial charge on any atom is -0.488 e. The number of rotatable bonds is 6. The van der Waals surface area contributed by atoms with Crippen molar-refractivity contribution in [1.82, 2.24) is 4.90 Å². The van der Waals surface area contributed by atoms with E-state index in [1.165, 1.54) is 12.0 Å². The number of hydrogen-bond donors (Lipinski definition) is 0. The minimum atomic E-state index is -0.528. The molecule has 1 aromatic rings. The van der Waals surface area contributed by atoms with E-state index in [2.05, 4.69) is 11.3 Å². The zero-order valence-electron chi connectivity index (χ0n) is 12.8. The van der Waals surface area contributed by atoms with Gasteiger partial charge in [-0.15, -0.1) is 0 Å². The van der Waals surface area contributed by atoms with Gasteiger partial charge in [-0.05, 0) is 23.8 Å². The van der Waals surface area contributed by atoms with Crippen molar-refractivity contribution < 1.29 is 19.1 Å². The fraction of sp³-hybridized carbons (Fsp3) is 0.188. The van der Waals surface area contributed by atoms with E-state index in [0.717, 1.165) is 17.3 Å². The molecule has 1 aromatic carbocycles. The molecule has 0 atom stereocenters. The summed E-state index contributed by atoms with van der Waals surface area (Å²) in [5.74, 6) is -0.329. The fourth-order valence-electron chi connectivity index (χ4n) is 1.85. The minimum absolute atomic E-state index is 0.201. The molecule has 0 aromatic heterocycles. The van der Waals surface area contributed by atoms with E-state index in [1.807, 2.05) is 0 Å². The predicted molar refractivity (Wildman–Crippen MR) is 99.0 cm³/mol. The summed E-state index contributed by atoms with van der Waals surface area (Å²) in [5, 5.41) is 0.427. The maximum Gasteiger partial charge on any atom is 0.325 e. The molecular formula is C16H14ClNO4S2. The van der Waals surface area contributed by atoms with Gasteiger partial charge in [-0.25, -0.2) is 0 Å². The van der Waals surface area contributed by atoms with Crippen LogP contribution in [0.2, 0.25) is 5.02 Å². The van der Waals surface area contributed by atoms with Crippen LogP contribution in [0.3, 0.4) is 0 Å². The maximum absolute atomic E-state index is 12.3. The first-order chi connectivity index (χ1) is 11.5. The second kappa shape index (κ2) is 8.32. The topological polar surface area (TPSA) is 55.8 Å². The van der Waals surface area contributed by atoms with E-state index >= 15 is 0 Å². The summed E-state index contributed by atoms with van der Waals surface area (Å²) in [6.07, 6.45) is 3.29. The van der Waals surface area contributed by atoms with Crippen molar-refractivity contribution in [2.45, 2.75) is 0 Å². The van der Waals surface area contributed by atoms with E-state index in [9.17, 15) is 9.59 Å². The van der Waals surface area contributed by atoms with Crippen LogP contribution in [0.25, 0.3) is 6.08 Å². The zero-order chi connectivity index (χ0) is 17.7. The average molecular weight is 384 g/mol. The van der Waals surface area contributed by atoms with Gasteiger partial charge in [0.05, 0.1) is 17.0 Å². The van der Waals surface area contributed by atoms with Crippen molar-refractivity contribution in [2.24, 2.45) is 0 Å². The van der Waals surface area contributed by atoms with Gasteiger partial charge < -0.3 is 9.47 Å². The number of amides is 1. The summed E-state index contributed by atoms with van der Waals surface area (Å²) in [4.78, 5) is 25.3. The zero-order valence-corrected chi connectivity index (χ0v) is 15.2. The van der Waals surface area contributed by atoms with Gasteiger partial charge in [-0.1, -0.05) is 54.3 Å². The Labute approximate surface area is 154 Å². The molecule has 5 nitrogen and oxygen atoms in total. The standard InChI is InChI=1S/C16H14ClNO4S2/c1-3-6-22-12-5-4-10(7-11(12)17)8-13-15(20)18(16(23)24-13)9-14(19)21-2/h3-5,7-8H,1,6,9H2,2H3/b13-8-. The number of esters is 1. The quantitative estimate of drug-likeness (QED) is 0.325. The van der Waals surface area contributed by atoms with Crippen molar-refractivity contribution in [1.29, 1.82) is 0 Å². The van der Waals surface area contributed by atoms with Crippen LogP contribution in [-0.4, -0.2) is 41.4 Å². The van der Waals surface area contributed by atoms with Crippen molar-refractivity contribution >= 4 is 57.9 Å². The number of carbonyl (C=O) groups excluding carboxylic acids is 2. The van der Waals surface area contributed by atoms with Crippen molar-refractivity contribution in [3.8, 4) is 5.75 Å². The Bertz CT molecular complexity index is 733. The molecule has 0 spiro atoms. The molecule has 1 saturated heterocycles. The molecule has 0 bridgehead atoms. The second-order valence-corrected chi connectivity index (χ2v) is 6.72.